The number of amides is 1. The normalized spacial score (nSPS) is 18.2. The molecule has 3 rings (SSSR count). The van der Waals surface area contributed by atoms with Gasteiger partial charge in [-0.2, -0.15) is 0 Å². The van der Waals surface area contributed by atoms with Gasteiger partial charge < -0.3 is 14.1 Å². The van der Waals surface area contributed by atoms with Gasteiger partial charge in [0.05, 0.1) is 25.5 Å². The second-order valence-corrected chi connectivity index (χ2v) is 6.00. The van der Waals surface area contributed by atoms with Crippen LogP contribution in [0.3, 0.4) is 0 Å². The first-order chi connectivity index (χ1) is 11.1. The Hall–Kier alpha value is -2.14. The number of carbonyl (C=O) groups is 1. The Bertz CT molecular complexity index is 663. The van der Waals surface area contributed by atoms with E-state index in [-0.39, 0.29) is 11.9 Å². The van der Waals surface area contributed by atoms with Crippen molar-refractivity contribution in [3.8, 4) is 11.3 Å². The number of aromatic nitrogens is 1. The van der Waals surface area contributed by atoms with Gasteiger partial charge in [0.2, 0.25) is 5.91 Å². The molecule has 1 aliphatic heterocycles. The van der Waals surface area contributed by atoms with Crippen molar-refractivity contribution in [1.82, 2.24) is 9.88 Å². The van der Waals surface area contributed by atoms with E-state index < -0.39 is 0 Å². The van der Waals surface area contributed by atoms with Gasteiger partial charge in [0.25, 0.3) is 0 Å². The maximum absolute atomic E-state index is 12.3. The quantitative estimate of drug-likeness (QED) is 0.871. The largest absolute Gasteiger partial charge is 0.441 e. The summed E-state index contributed by atoms with van der Waals surface area (Å²) in [5.74, 6) is 1.48. The van der Waals surface area contributed by atoms with Crippen LogP contribution in [0.1, 0.15) is 24.8 Å². The number of oxazole rings is 1. The van der Waals surface area contributed by atoms with E-state index >= 15 is 0 Å². The molecule has 1 fully saturated rings. The lowest BCUT2D eigenvalue weighted by atomic mass is 10.1. The zero-order valence-electron chi connectivity index (χ0n) is 13.6. The number of morpholine rings is 1. The molecule has 1 aliphatic rings. The first-order valence-electron chi connectivity index (χ1n) is 8.02. The Labute approximate surface area is 136 Å². The summed E-state index contributed by atoms with van der Waals surface area (Å²) < 4.78 is 11.1. The second kappa shape index (κ2) is 6.96. The number of hydrogen-bond donors (Lipinski definition) is 0. The summed E-state index contributed by atoms with van der Waals surface area (Å²) in [6, 6.07) is 8.26. The molecule has 5 heteroatoms. The molecule has 1 aromatic heterocycles. The van der Waals surface area contributed by atoms with Crippen molar-refractivity contribution in [3.63, 3.8) is 0 Å². The van der Waals surface area contributed by atoms with Gasteiger partial charge in [0, 0.05) is 24.9 Å². The fourth-order valence-corrected chi connectivity index (χ4v) is 2.73. The summed E-state index contributed by atoms with van der Waals surface area (Å²) in [4.78, 5) is 18.5. The maximum Gasteiger partial charge on any atom is 0.223 e. The minimum absolute atomic E-state index is 0.135. The van der Waals surface area contributed by atoms with Crippen molar-refractivity contribution in [2.75, 3.05) is 19.8 Å². The molecule has 1 aromatic carbocycles. The number of carbonyl (C=O) groups excluding carboxylic acids is 1. The highest BCUT2D eigenvalue weighted by molar-refractivity contribution is 5.76. The molecule has 5 nitrogen and oxygen atoms in total. The lowest BCUT2D eigenvalue weighted by molar-refractivity contribution is -0.139. The van der Waals surface area contributed by atoms with Gasteiger partial charge in [-0.1, -0.05) is 29.8 Å². The molecular weight excluding hydrogens is 292 g/mol. The van der Waals surface area contributed by atoms with Gasteiger partial charge in [0.15, 0.2) is 11.7 Å². The summed E-state index contributed by atoms with van der Waals surface area (Å²) in [7, 11) is 0. The number of nitrogens with zero attached hydrogens (tertiary/aromatic N) is 2. The lowest BCUT2D eigenvalue weighted by Gasteiger charge is -2.33. The molecule has 23 heavy (non-hydrogen) atoms. The van der Waals surface area contributed by atoms with Crippen LogP contribution in [-0.2, 0) is 16.0 Å². The van der Waals surface area contributed by atoms with Gasteiger partial charge in [-0.25, -0.2) is 4.98 Å². The Balaban J connectivity index is 1.58. The highest BCUT2D eigenvalue weighted by Crippen LogP contribution is 2.21. The monoisotopic (exact) mass is 314 g/mol. The molecule has 2 heterocycles. The Morgan fingerprint density at radius 3 is 2.87 bits per heavy atom. The first kappa shape index (κ1) is 15.7. The van der Waals surface area contributed by atoms with E-state index in [4.69, 9.17) is 9.15 Å². The topological polar surface area (TPSA) is 55.6 Å². The predicted octanol–water partition coefficient (Wildman–Crippen LogP) is 2.83. The summed E-state index contributed by atoms with van der Waals surface area (Å²) in [5, 5.41) is 0. The van der Waals surface area contributed by atoms with Crippen molar-refractivity contribution >= 4 is 5.91 Å². The van der Waals surface area contributed by atoms with Gasteiger partial charge in [-0.3, -0.25) is 4.79 Å². The van der Waals surface area contributed by atoms with E-state index in [9.17, 15) is 4.79 Å². The molecule has 122 valence electrons. The smallest absolute Gasteiger partial charge is 0.223 e. The average Bonchev–Trinajstić information content (AvgIpc) is 3.03. The predicted molar refractivity (Wildman–Crippen MR) is 87.0 cm³/mol. The van der Waals surface area contributed by atoms with Gasteiger partial charge >= 0.3 is 0 Å². The molecule has 1 saturated heterocycles. The van der Waals surface area contributed by atoms with Crippen LogP contribution < -0.4 is 0 Å². The molecule has 2 aromatic rings. The zero-order chi connectivity index (χ0) is 16.2. The molecule has 1 amide bonds. The maximum atomic E-state index is 12.3. The average molecular weight is 314 g/mol. The molecule has 1 atom stereocenters. The van der Waals surface area contributed by atoms with E-state index in [1.54, 1.807) is 6.20 Å². The SMILES string of the molecule is Cc1ccc(-c2cnc(CCC(=O)N3CCOCC3C)o2)cc1. The van der Waals surface area contributed by atoms with E-state index in [2.05, 4.69) is 4.98 Å². The lowest BCUT2D eigenvalue weighted by Crippen LogP contribution is -2.47. The number of rotatable bonds is 4. The molecule has 0 bridgehead atoms. The van der Waals surface area contributed by atoms with Gasteiger partial charge in [-0.15, -0.1) is 0 Å². The van der Waals surface area contributed by atoms with Crippen LogP contribution in [0.2, 0.25) is 0 Å². The number of benzene rings is 1. The molecule has 0 saturated carbocycles. The molecular formula is C18H22N2O3. The van der Waals surface area contributed by atoms with E-state index in [0.29, 0.717) is 38.5 Å². The highest BCUT2D eigenvalue weighted by atomic mass is 16.5. The van der Waals surface area contributed by atoms with Gasteiger partial charge in [-0.05, 0) is 13.8 Å². The van der Waals surface area contributed by atoms with Gasteiger partial charge in [0.1, 0.15) is 0 Å². The van der Waals surface area contributed by atoms with Crippen molar-refractivity contribution in [2.45, 2.75) is 32.7 Å². The summed E-state index contributed by atoms with van der Waals surface area (Å²) in [6.07, 6.45) is 2.66. The van der Waals surface area contributed by atoms with Crippen LogP contribution in [-0.4, -0.2) is 41.6 Å². The number of ether oxygens (including phenoxy) is 1. The molecule has 1 unspecified atom stereocenters. The van der Waals surface area contributed by atoms with Crippen molar-refractivity contribution in [2.24, 2.45) is 0 Å². The van der Waals surface area contributed by atoms with E-state index in [1.165, 1.54) is 5.56 Å². The Kier molecular flexibility index (Phi) is 4.76. The summed E-state index contributed by atoms with van der Waals surface area (Å²) in [6.45, 7) is 5.96. The van der Waals surface area contributed by atoms with Crippen LogP contribution >= 0.6 is 0 Å². The minimum Gasteiger partial charge on any atom is -0.441 e. The highest BCUT2D eigenvalue weighted by Gasteiger charge is 2.23. The van der Waals surface area contributed by atoms with Crippen LogP contribution in [0, 0.1) is 6.92 Å². The molecule has 0 N–H and O–H groups in total. The molecule has 0 spiro atoms. The van der Waals surface area contributed by atoms with Crippen molar-refractivity contribution in [3.05, 3.63) is 41.9 Å². The van der Waals surface area contributed by atoms with Crippen LogP contribution in [0.25, 0.3) is 11.3 Å². The van der Waals surface area contributed by atoms with E-state index in [0.717, 1.165) is 11.3 Å². The minimum atomic E-state index is 0.135. The number of aryl methyl sites for hydroxylation is 2. The zero-order valence-corrected chi connectivity index (χ0v) is 13.6. The van der Waals surface area contributed by atoms with E-state index in [1.807, 2.05) is 43.0 Å². The molecule has 0 aliphatic carbocycles. The third-order valence-corrected chi connectivity index (χ3v) is 4.13. The fourth-order valence-electron chi connectivity index (χ4n) is 2.73. The summed E-state index contributed by atoms with van der Waals surface area (Å²) in [5.41, 5.74) is 2.21. The first-order valence-corrected chi connectivity index (χ1v) is 8.02. The summed E-state index contributed by atoms with van der Waals surface area (Å²) >= 11 is 0. The van der Waals surface area contributed by atoms with Crippen molar-refractivity contribution < 1.29 is 13.9 Å². The van der Waals surface area contributed by atoms with Crippen molar-refractivity contribution in [1.29, 1.82) is 0 Å². The molecule has 0 radical (unpaired) electrons. The van der Waals surface area contributed by atoms with Crippen LogP contribution in [0.4, 0.5) is 0 Å². The second-order valence-electron chi connectivity index (χ2n) is 6.00. The third-order valence-electron chi connectivity index (χ3n) is 4.13. The van der Waals surface area contributed by atoms with Crippen LogP contribution in [0.5, 0.6) is 0 Å². The number of hydrogen-bond acceptors (Lipinski definition) is 4. The third kappa shape index (κ3) is 3.79. The Morgan fingerprint density at radius 1 is 1.35 bits per heavy atom. The standard InChI is InChI=1S/C18H22N2O3/c1-13-3-5-15(6-4-13)16-11-19-17(23-16)7-8-18(21)20-9-10-22-12-14(20)2/h3-6,11,14H,7-10,12H2,1-2H3. The van der Waals surface area contributed by atoms with Crippen LogP contribution in [0.15, 0.2) is 34.9 Å². The fraction of sp³-hybridized carbons (Fsp3) is 0.444. The Morgan fingerprint density at radius 2 is 2.13 bits per heavy atom.